The van der Waals surface area contributed by atoms with Crippen LogP contribution in [0.25, 0.3) is 0 Å². The van der Waals surface area contributed by atoms with Crippen molar-refractivity contribution in [3.8, 4) is 5.88 Å². The second-order valence-electron chi connectivity index (χ2n) is 4.06. The number of aliphatic hydroxyl groups excluding tert-OH is 1. The van der Waals surface area contributed by atoms with Crippen LogP contribution in [-0.2, 0) is 0 Å². The maximum atomic E-state index is 10.2. The van der Waals surface area contributed by atoms with Gasteiger partial charge in [-0.3, -0.25) is 0 Å². The number of methoxy groups -OCH3 is 1. The standard InChI is InChI=1S/C13H17NO2/c1-16-12-8-7-11(9-14-12)13(15)10-5-3-2-4-6-10/h5,7-9,13,15H,2-4,6H2,1H3. The second kappa shape index (κ2) is 5.12. The number of rotatable bonds is 3. The number of hydrogen-bond acceptors (Lipinski definition) is 3. The van der Waals surface area contributed by atoms with Crippen LogP contribution in [0.2, 0.25) is 0 Å². The number of hydrogen-bond donors (Lipinski definition) is 1. The molecule has 0 aliphatic heterocycles. The first-order chi connectivity index (χ1) is 7.81. The lowest BCUT2D eigenvalue weighted by molar-refractivity contribution is 0.207. The summed E-state index contributed by atoms with van der Waals surface area (Å²) in [6.45, 7) is 0. The predicted molar refractivity (Wildman–Crippen MR) is 62.3 cm³/mol. The van der Waals surface area contributed by atoms with E-state index in [1.807, 2.05) is 6.07 Å². The molecule has 0 saturated carbocycles. The van der Waals surface area contributed by atoms with Crippen molar-refractivity contribution in [3.05, 3.63) is 35.5 Å². The average molecular weight is 219 g/mol. The van der Waals surface area contributed by atoms with Gasteiger partial charge in [0.2, 0.25) is 5.88 Å². The lowest BCUT2D eigenvalue weighted by Crippen LogP contribution is -2.05. The highest BCUT2D eigenvalue weighted by atomic mass is 16.5. The van der Waals surface area contributed by atoms with Crippen LogP contribution in [0, 0.1) is 0 Å². The molecule has 0 amide bonds. The third-order valence-corrected chi connectivity index (χ3v) is 2.96. The Morgan fingerprint density at radius 1 is 1.38 bits per heavy atom. The number of ether oxygens (including phenoxy) is 1. The lowest BCUT2D eigenvalue weighted by Gasteiger charge is -2.18. The maximum absolute atomic E-state index is 10.2. The fourth-order valence-corrected chi connectivity index (χ4v) is 2.00. The van der Waals surface area contributed by atoms with E-state index in [1.165, 1.54) is 12.8 Å². The highest BCUT2D eigenvalue weighted by Gasteiger charge is 2.15. The van der Waals surface area contributed by atoms with E-state index in [9.17, 15) is 5.11 Å². The summed E-state index contributed by atoms with van der Waals surface area (Å²) in [7, 11) is 1.59. The summed E-state index contributed by atoms with van der Waals surface area (Å²) in [5.74, 6) is 0.577. The summed E-state index contributed by atoms with van der Waals surface area (Å²) in [6, 6.07) is 3.65. The Balaban J connectivity index is 2.13. The van der Waals surface area contributed by atoms with Gasteiger partial charge in [-0.05, 0) is 37.3 Å². The molecule has 0 radical (unpaired) electrons. The van der Waals surface area contributed by atoms with E-state index in [0.717, 1.165) is 24.0 Å². The molecule has 0 bridgehead atoms. The van der Waals surface area contributed by atoms with Gasteiger partial charge in [0.15, 0.2) is 0 Å². The fourth-order valence-electron chi connectivity index (χ4n) is 2.00. The molecule has 0 spiro atoms. The van der Waals surface area contributed by atoms with E-state index < -0.39 is 6.10 Å². The molecule has 1 aromatic heterocycles. The van der Waals surface area contributed by atoms with E-state index in [-0.39, 0.29) is 0 Å². The van der Waals surface area contributed by atoms with Crippen molar-refractivity contribution in [2.75, 3.05) is 7.11 Å². The molecule has 1 atom stereocenters. The Morgan fingerprint density at radius 2 is 2.25 bits per heavy atom. The summed E-state index contributed by atoms with van der Waals surface area (Å²) in [5, 5.41) is 10.2. The van der Waals surface area contributed by atoms with E-state index in [0.29, 0.717) is 5.88 Å². The van der Waals surface area contributed by atoms with Crippen LogP contribution in [0.15, 0.2) is 30.0 Å². The number of pyridine rings is 1. The van der Waals surface area contributed by atoms with E-state index in [4.69, 9.17) is 4.74 Å². The molecule has 3 heteroatoms. The van der Waals surface area contributed by atoms with Gasteiger partial charge in [0.05, 0.1) is 7.11 Å². The summed E-state index contributed by atoms with van der Waals surface area (Å²) < 4.78 is 4.99. The molecule has 0 saturated heterocycles. The van der Waals surface area contributed by atoms with E-state index in [2.05, 4.69) is 11.1 Å². The minimum Gasteiger partial charge on any atom is -0.481 e. The Hall–Kier alpha value is -1.35. The summed E-state index contributed by atoms with van der Waals surface area (Å²) in [5.41, 5.74) is 1.96. The van der Waals surface area contributed by atoms with Gasteiger partial charge in [-0.25, -0.2) is 4.98 Å². The monoisotopic (exact) mass is 219 g/mol. The van der Waals surface area contributed by atoms with Crippen LogP contribution in [-0.4, -0.2) is 17.2 Å². The third kappa shape index (κ3) is 2.42. The first-order valence-corrected chi connectivity index (χ1v) is 5.68. The number of allylic oxidation sites excluding steroid dienone is 1. The van der Waals surface area contributed by atoms with Crippen molar-refractivity contribution >= 4 is 0 Å². The second-order valence-corrected chi connectivity index (χ2v) is 4.06. The Kier molecular flexibility index (Phi) is 3.57. The third-order valence-electron chi connectivity index (χ3n) is 2.96. The van der Waals surface area contributed by atoms with Crippen LogP contribution in [0.5, 0.6) is 5.88 Å². The molecule has 0 aromatic carbocycles. The number of aromatic nitrogens is 1. The minimum atomic E-state index is -0.501. The van der Waals surface area contributed by atoms with Gasteiger partial charge < -0.3 is 9.84 Å². The quantitative estimate of drug-likeness (QED) is 0.795. The van der Waals surface area contributed by atoms with Gasteiger partial charge in [-0.15, -0.1) is 0 Å². The summed E-state index contributed by atoms with van der Waals surface area (Å²) >= 11 is 0. The largest absolute Gasteiger partial charge is 0.481 e. The van der Waals surface area contributed by atoms with Gasteiger partial charge in [-0.1, -0.05) is 6.08 Å². The SMILES string of the molecule is COc1ccc(C(O)C2=CCCCC2)cn1. The van der Waals surface area contributed by atoms with Gasteiger partial charge in [0.25, 0.3) is 0 Å². The average Bonchev–Trinajstić information content (AvgIpc) is 2.39. The van der Waals surface area contributed by atoms with Crippen molar-refractivity contribution < 1.29 is 9.84 Å². The minimum absolute atomic E-state index is 0.501. The summed E-state index contributed by atoms with van der Waals surface area (Å²) in [4.78, 5) is 4.10. The van der Waals surface area contributed by atoms with E-state index >= 15 is 0 Å². The fraction of sp³-hybridized carbons (Fsp3) is 0.462. The molecule has 1 aromatic rings. The number of nitrogens with zero attached hydrogens (tertiary/aromatic N) is 1. The van der Waals surface area contributed by atoms with Crippen molar-refractivity contribution in [1.82, 2.24) is 4.98 Å². The van der Waals surface area contributed by atoms with Gasteiger partial charge in [0.1, 0.15) is 6.10 Å². The molecule has 0 fully saturated rings. The van der Waals surface area contributed by atoms with Crippen LogP contribution in [0.4, 0.5) is 0 Å². The van der Waals surface area contributed by atoms with Crippen molar-refractivity contribution in [2.24, 2.45) is 0 Å². The highest BCUT2D eigenvalue weighted by Crippen LogP contribution is 2.29. The molecule has 86 valence electrons. The number of aliphatic hydroxyl groups is 1. The molecule has 1 unspecified atom stereocenters. The van der Waals surface area contributed by atoms with E-state index in [1.54, 1.807) is 19.4 Å². The zero-order valence-corrected chi connectivity index (χ0v) is 9.52. The van der Waals surface area contributed by atoms with Crippen LogP contribution in [0.1, 0.15) is 37.4 Å². The zero-order chi connectivity index (χ0) is 11.4. The van der Waals surface area contributed by atoms with Crippen LogP contribution in [0.3, 0.4) is 0 Å². The van der Waals surface area contributed by atoms with Crippen LogP contribution >= 0.6 is 0 Å². The van der Waals surface area contributed by atoms with Crippen molar-refractivity contribution in [2.45, 2.75) is 31.8 Å². The van der Waals surface area contributed by atoms with Gasteiger partial charge in [-0.2, -0.15) is 0 Å². The maximum Gasteiger partial charge on any atom is 0.212 e. The lowest BCUT2D eigenvalue weighted by atomic mass is 9.92. The highest BCUT2D eigenvalue weighted by molar-refractivity contribution is 5.27. The topological polar surface area (TPSA) is 42.4 Å². The molecule has 16 heavy (non-hydrogen) atoms. The zero-order valence-electron chi connectivity index (χ0n) is 9.52. The first kappa shape index (κ1) is 11.1. The van der Waals surface area contributed by atoms with Crippen LogP contribution < -0.4 is 4.74 Å². The first-order valence-electron chi connectivity index (χ1n) is 5.68. The normalized spacial score (nSPS) is 17.8. The molecule has 1 aliphatic rings. The smallest absolute Gasteiger partial charge is 0.212 e. The van der Waals surface area contributed by atoms with Gasteiger partial charge in [0, 0.05) is 17.8 Å². The summed E-state index contributed by atoms with van der Waals surface area (Å²) in [6.07, 6.45) is 7.81. The molecule has 3 nitrogen and oxygen atoms in total. The Morgan fingerprint density at radius 3 is 2.81 bits per heavy atom. The molecule has 2 rings (SSSR count). The van der Waals surface area contributed by atoms with Crippen molar-refractivity contribution in [1.29, 1.82) is 0 Å². The van der Waals surface area contributed by atoms with Crippen molar-refractivity contribution in [3.63, 3.8) is 0 Å². The Labute approximate surface area is 95.8 Å². The van der Waals surface area contributed by atoms with Gasteiger partial charge >= 0.3 is 0 Å². The molecule has 1 aliphatic carbocycles. The molecule has 1 N–H and O–H groups in total. The molecular weight excluding hydrogens is 202 g/mol. The predicted octanol–water partition coefficient (Wildman–Crippen LogP) is 2.62. The molecule has 1 heterocycles. The molecular formula is C13H17NO2. The Bertz CT molecular complexity index is 370.